The first kappa shape index (κ1) is 21.4. The number of thioether (sulfide) groups is 1. The summed E-state index contributed by atoms with van der Waals surface area (Å²) < 4.78 is 27.8. The van der Waals surface area contributed by atoms with E-state index >= 15 is 0 Å². The smallest absolute Gasteiger partial charge is 0.161 e. The molecule has 0 saturated carbocycles. The lowest BCUT2D eigenvalue weighted by atomic mass is 9.86. The first-order valence-corrected chi connectivity index (χ1v) is 9.94. The summed E-state index contributed by atoms with van der Waals surface area (Å²) in [7, 11) is 0. The molecule has 0 aliphatic rings. The van der Waals surface area contributed by atoms with Crippen LogP contribution in [0.5, 0.6) is 0 Å². The summed E-state index contributed by atoms with van der Waals surface area (Å²) in [5.41, 5.74) is 4.50. The summed E-state index contributed by atoms with van der Waals surface area (Å²) in [5.74, 6) is -1.59. The van der Waals surface area contributed by atoms with Gasteiger partial charge in [-0.2, -0.15) is 0 Å². The van der Waals surface area contributed by atoms with Gasteiger partial charge in [0.15, 0.2) is 11.6 Å². The van der Waals surface area contributed by atoms with E-state index in [2.05, 4.69) is 45.0 Å². The molecule has 0 amide bonds. The van der Waals surface area contributed by atoms with Crippen molar-refractivity contribution in [3.63, 3.8) is 0 Å². The Kier molecular flexibility index (Phi) is 6.69. The van der Waals surface area contributed by atoms with Gasteiger partial charge in [0.05, 0.1) is 0 Å². The van der Waals surface area contributed by atoms with Crippen LogP contribution in [0.1, 0.15) is 63.8 Å². The predicted molar refractivity (Wildman–Crippen MR) is 116 cm³/mol. The molecule has 0 radical (unpaired) electrons. The number of allylic oxidation sites excluding steroid dienone is 3. The minimum atomic E-state index is -0.808. The summed E-state index contributed by atoms with van der Waals surface area (Å²) >= 11 is 1.59. The normalized spacial score (nSPS) is 13.6. The molecule has 0 saturated heterocycles. The van der Waals surface area contributed by atoms with Gasteiger partial charge < -0.3 is 0 Å². The molecule has 0 bridgehead atoms. The molecule has 0 aliphatic heterocycles. The number of halogens is 2. The maximum Gasteiger partial charge on any atom is 0.161 e. The number of aryl methyl sites for hydroxylation is 1. The van der Waals surface area contributed by atoms with Crippen LogP contribution >= 0.6 is 11.8 Å². The van der Waals surface area contributed by atoms with E-state index in [4.69, 9.17) is 0 Å². The van der Waals surface area contributed by atoms with Gasteiger partial charge in [-0.3, -0.25) is 0 Å². The molecular weight excluding hydrogens is 358 g/mol. The van der Waals surface area contributed by atoms with Crippen LogP contribution in [0.2, 0.25) is 0 Å². The van der Waals surface area contributed by atoms with E-state index in [-0.39, 0.29) is 5.41 Å². The van der Waals surface area contributed by atoms with Crippen molar-refractivity contribution in [2.24, 2.45) is 0 Å². The summed E-state index contributed by atoms with van der Waals surface area (Å²) in [5, 5.41) is 0. The van der Waals surface area contributed by atoms with Crippen molar-refractivity contribution in [1.29, 1.82) is 0 Å². The quantitative estimate of drug-likeness (QED) is 0.478. The van der Waals surface area contributed by atoms with Crippen LogP contribution in [-0.4, -0.2) is 0 Å². The van der Waals surface area contributed by atoms with Crippen molar-refractivity contribution in [1.82, 2.24) is 0 Å². The van der Waals surface area contributed by atoms with Gasteiger partial charge in [0.1, 0.15) is 0 Å². The van der Waals surface area contributed by atoms with Gasteiger partial charge in [-0.1, -0.05) is 62.9 Å². The lowest BCUT2D eigenvalue weighted by Crippen LogP contribution is -2.10. The monoisotopic (exact) mass is 386 g/mol. The van der Waals surface area contributed by atoms with E-state index < -0.39 is 11.6 Å². The zero-order chi connectivity index (χ0) is 20.4. The predicted octanol–water partition coefficient (Wildman–Crippen LogP) is 8.12. The Morgan fingerprint density at radius 3 is 2.04 bits per heavy atom. The Labute approximate surface area is 166 Å². The van der Waals surface area contributed by atoms with Crippen molar-refractivity contribution in [2.75, 3.05) is 0 Å². The number of rotatable bonds is 4. The molecule has 2 rings (SSSR count). The molecule has 2 aromatic rings. The molecule has 0 nitrogen and oxygen atoms in total. The fourth-order valence-corrected chi connectivity index (χ4v) is 3.73. The standard InChI is InChI=1S/C24H28F2S/c1-8-16(3)27-23(19-13-15(2)22(26)21(25)14-19)17(4)18-9-11-20(12-10-18)24(5,6)7/h8-14H,1-7H3/b16-8-,23-17+. The molecule has 0 unspecified atom stereocenters. The third kappa shape index (κ3) is 5.10. The van der Waals surface area contributed by atoms with Crippen LogP contribution in [0.3, 0.4) is 0 Å². The highest BCUT2D eigenvalue weighted by molar-refractivity contribution is 8.12. The molecular formula is C24H28F2S. The van der Waals surface area contributed by atoms with E-state index in [9.17, 15) is 8.78 Å². The maximum absolute atomic E-state index is 14.0. The topological polar surface area (TPSA) is 0 Å². The number of benzene rings is 2. The minimum Gasteiger partial charge on any atom is -0.204 e. The molecule has 0 N–H and O–H groups in total. The summed E-state index contributed by atoms with van der Waals surface area (Å²) in [4.78, 5) is 2.05. The van der Waals surface area contributed by atoms with Crippen LogP contribution in [0.25, 0.3) is 10.5 Å². The lowest BCUT2D eigenvalue weighted by molar-refractivity contribution is 0.503. The zero-order valence-electron chi connectivity index (χ0n) is 17.2. The van der Waals surface area contributed by atoms with Gasteiger partial charge in [-0.15, -0.1) is 0 Å². The fourth-order valence-electron chi connectivity index (χ4n) is 2.78. The third-order valence-electron chi connectivity index (χ3n) is 4.67. The first-order valence-electron chi connectivity index (χ1n) is 9.13. The molecule has 0 heterocycles. The van der Waals surface area contributed by atoms with Crippen LogP contribution in [0.15, 0.2) is 47.4 Å². The Hall–Kier alpha value is -1.87. The molecule has 0 aromatic heterocycles. The van der Waals surface area contributed by atoms with E-state index in [1.54, 1.807) is 24.8 Å². The lowest BCUT2D eigenvalue weighted by Gasteiger charge is -2.20. The van der Waals surface area contributed by atoms with E-state index in [0.29, 0.717) is 11.1 Å². The minimum absolute atomic E-state index is 0.0897. The van der Waals surface area contributed by atoms with Crippen LogP contribution in [0.4, 0.5) is 8.78 Å². The molecule has 0 fully saturated rings. The van der Waals surface area contributed by atoms with Gasteiger partial charge in [-0.25, -0.2) is 8.78 Å². The molecule has 2 aromatic carbocycles. The van der Waals surface area contributed by atoms with Crippen LogP contribution in [0, 0.1) is 18.6 Å². The molecule has 0 aliphatic carbocycles. The van der Waals surface area contributed by atoms with Gasteiger partial charge >= 0.3 is 0 Å². The fraction of sp³-hybridized carbons (Fsp3) is 0.333. The van der Waals surface area contributed by atoms with E-state index in [1.165, 1.54) is 11.6 Å². The molecule has 0 atom stereocenters. The molecule has 3 heteroatoms. The van der Waals surface area contributed by atoms with Gasteiger partial charge in [0.2, 0.25) is 0 Å². The van der Waals surface area contributed by atoms with Crippen molar-refractivity contribution >= 4 is 22.2 Å². The second kappa shape index (κ2) is 8.43. The average Bonchev–Trinajstić information content (AvgIpc) is 2.62. The molecule has 0 spiro atoms. The van der Waals surface area contributed by atoms with Crippen LogP contribution < -0.4 is 0 Å². The Morgan fingerprint density at radius 2 is 1.56 bits per heavy atom. The van der Waals surface area contributed by atoms with Crippen LogP contribution in [-0.2, 0) is 5.41 Å². The van der Waals surface area contributed by atoms with Gasteiger partial charge in [0, 0.05) is 4.91 Å². The summed E-state index contributed by atoms with van der Waals surface area (Å²) in [6, 6.07) is 11.5. The van der Waals surface area contributed by atoms with Gasteiger partial charge in [-0.05, 0) is 78.0 Å². The average molecular weight is 387 g/mol. The van der Waals surface area contributed by atoms with E-state index in [0.717, 1.165) is 20.9 Å². The summed E-state index contributed by atoms with van der Waals surface area (Å²) in [6.07, 6.45) is 2.02. The van der Waals surface area contributed by atoms with Crippen molar-refractivity contribution < 1.29 is 8.78 Å². The largest absolute Gasteiger partial charge is 0.204 e. The Bertz CT molecular complexity index is 859. The third-order valence-corrected chi connectivity index (χ3v) is 5.97. The van der Waals surface area contributed by atoms with Crippen molar-refractivity contribution in [2.45, 2.75) is 53.9 Å². The highest BCUT2D eigenvalue weighted by Gasteiger charge is 2.16. The molecule has 144 valence electrons. The Morgan fingerprint density at radius 1 is 0.963 bits per heavy atom. The second-order valence-corrected chi connectivity index (χ2v) is 9.13. The highest BCUT2D eigenvalue weighted by Crippen LogP contribution is 2.40. The summed E-state index contributed by atoms with van der Waals surface area (Å²) in [6.45, 7) is 14.2. The highest BCUT2D eigenvalue weighted by atomic mass is 32.2. The first-order chi connectivity index (χ1) is 12.5. The SMILES string of the molecule is C/C=C(/C)S/C(=C(\C)c1ccc(C(C)(C)C)cc1)c1cc(C)c(F)c(F)c1. The van der Waals surface area contributed by atoms with E-state index in [1.807, 2.05) is 26.8 Å². The van der Waals surface area contributed by atoms with Gasteiger partial charge in [0.25, 0.3) is 0 Å². The number of hydrogen-bond donors (Lipinski definition) is 0. The second-order valence-electron chi connectivity index (χ2n) is 7.87. The maximum atomic E-state index is 14.0. The number of hydrogen-bond acceptors (Lipinski definition) is 1. The Balaban J connectivity index is 2.61. The molecule has 27 heavy (non-hydrogen) atoms. The zero-order valence-corrected chi connectivity index (χ0v) is 18.0. The van der Waals surface area contributed by atoms with Crippen molar-refractivity contribution in [3.8, 4) is 0 Å². The van der Waals surface area contributed by atoms with Crippen molar-refractivity contribution in [3.05, 3.63) is 81.3 Å².